The summed E-state index contributed by atoms with van der Waals surface area (Å²) < 4.78 is 1.03. The van der Waals surface area contributed by atoms with Crippen molar-refractivity contribution in [2.75, 3.05) is 5.32 Å². The molecule has 144 valence electrons. The zero-order valence-corrected chi connectivity index (χ0v) is 18.0. The minimum absolute atomic E-state index is 0.0843. The molecule has 1 N–H and O–H groups in total. The van der Waals surface area contributed by atoms with Crippen LogP contribution < -0.4 is 5.32 Å². The van der Waals surface area contributed by atoms with Gasteiger partial charge in [-0.1, -0.05) is 78.3 Å². The van der Waals surface area contributed by atoms with E-state index in [2.05, 4.69) is 71.5 Å². The SMILES string of the molecule is CCc1ccc(NC(CC(=O)c2ccc(CC)cc2)c2ccc(Br)cc2)cc1. The van der Waals surface area contributed by atoms with Crippen LogP contribution in [0, 0.1) is 0 Å². The molecule has 0 saturated carbocycles. The Labute approximate surface area is 176 Å². The van der Waals surface area contributed by atoms with E-state index in [1.807, 2.05) is 36.4 Å². The molecule has 0 aromatic heterocycles. The van der Waals surface area contributed by atoms with E-state index in [4.69, 9.17) is 0 Å². The van der Waals surface area contributed by atoms with Gasteiger partial charge in [-0.3, -0.25) is 4.79 Å². The second-order valence-electron chi connectivity index (χ2n) is 6.98. The maximum Gasteiger partial charge on any atom is 0.165 e. The largest absolute Gasteiger partial charge is 0.378 e. The number of anilines is 1. The van der Waals surface area contributed by atoms with E-state index in [0.717, 1.165) is 34.1 Å². The number of halogens is 1. The molecule has 0 bridgehead atoms. The van der Waals surface area contributed by atoms with Crippen molar-refractivity contribution in [3.63, 3.8) is 0 Å². The minimum Gasteiger partial charge on any atom is -0.378 e. The Bertz CT molecular complexity index is 899. The summed E-state index contributed by atoms with van der Waals surface area (Å²) in [4.78, 5) is 12.9. The molecule has 3 heteroatoms. The Morgan fingerprint density at radius 3 is 1.89 bits per heavy atom. The van der Waals surface area contributed by atoms with Gasteiger partial charge in [0.25, 0.3) is 0 Å². The molecule has 0 aliphatic carbocycles. The molecular formula is C25H26BrNO. The zero-order valence-electron chi connectivity index (χ0n) is 16.4. The van der Waals surface area contributed by atoms with E-state index >= 15 is 0 Å². The lowest BCUT2D eigenvalue weighted by molar-refractivity contribution is 0.0976. The number of aryl methyl sites for hydroxylation is 2. The molecule has 28 heavy (non-hydrogen) atoms. The Balaban J connectivity index is 1.82. The molecule has 2 nitrogen and oxygen atoms in total. The average Bonchev–Trinajstić information content (AvgIpc) is 2.74. The summed E-state index contributed by atoms with van der Waals surface area (Å²) in [6.45, 7) is 4.27. The number of nitrogens with one attached hydrogen (secondary N) is 1. The highest BCUT2D eigenvalue weighted by Gasteiger charge is 2.17. The van der Waals surface area contributed by atoms with Crippen LogP contribution in [0.1, 0.15) is 53.4 Å². The number of ketones is 1. The first-order valence-electron chi connectivity index (χ1n) is 9.82. The van der Waals surface area contributed by atoms with Crippen LogP contribution >= 0.6 is 15.9 Å². The van der Waals surface area contributed by atoms with Gasteiger partial charge in [0, 0.05) is 22.1 Å². The summed E-state index contributed by atoms with van der Waals surface area (Å²) in [5.41, 5.74) is 5.44. The zero-order chi connectivity index (χ0) is 19.9. The van der Waals surface area contributed by atoms with Crippen molar-refractivity contribution < 1.29 is 4.79 Å². The number of carbonyl (C=O) groups is 1. The molecule has 0 amide bonds. The van der Waals surface area contributed by atoms with E-state index in [1.54, 1.807) is 0 Å². The van der Waals surface area contributed by atoms with Gasteiger partial charge < -0.3 is 5.32 Å². The van der Waals surface area contributed by atoms with Crippen molar-refractivity contribution in [2.45, 2.75) is 39.2 Å². The van der Waals surface area contributed by atoms with Gasteiger partial charge in [-0.15, -0.1) is 0 Å². The van der Waals surface area contributed by atoms with E-state index in [1.165, 1.54) is 11.1 Å². The summed E-state index contributed by atoms with van der Waals surface area (Å²) >= 11 is 3.49. The van der Waals surface area contributed by atoms with Gasteiger partial charge in [-0.25, -0.2) is 0 Å². The molecule has 0 spiro atoms. The molecule has 0 heterocycles. The minimum atomic E-state index is -0.0843. The molecule has 0 saturated heterocycles. The third kappa shape index (κ3) is 5.32. The summed E-state index contributed by atoms with van der Waals surface area (Å²) in [6.07, 6.45) is 2.40. The molecule has 1 atom stereocenters. The highest BCUT2D eigenvalue weighted by Crippen LogP contribution is 2.26. The van der Waals surface area contributed by atoms with Gasteiger partial charge in [0.1, 0.15) is 0 Å². The van der Waals surface area contributed by atoms with Crippen molar-refractivity contribution in [1.29, 1.82) is 0 Å². The van der Waals surface area contributed by atoms with Gasteiger partial charge in [-0.2, -0.15) is 0 Å². The molecule has 0 fully saturated rings. The van der Waals surface area contributed by atoms with E-state index in [9.17, 15) is 4.79 Å². The molecule has 3 aromatic rings. The van der Waals surface area contributed by atoms with E-state index in [-0.39, 0.29) is 11.8 Å². The average molecular weight is 436 g/mol. The first-order chi connectivity index (χ1) is 13.6. The van der Waals surface area contributed by atoms with Crippen LogP contribution in [0.4, 0.5) is 5.69 Å². The maximum absolute atomic E-state index is 12.9. The fraction of sp³-hybridized carbons (Fsp3) is 0.240. The van der Waals surface area contributed by atoms with Gasteiger partial charge in [0.05, 0.1) is 6.04 Å². The van der Waals surface area contributed by atoms with Crippen LogP contribution in [0.25, 0.3) is 0 Å². The number of rotatable bonds is 8. The highest BCUT2D eigenvalue weighted by molar-refractivity contribution is 9.10. The van der Waals surface area contributed by atoms with Crippen LogP contribution in [-0.2, 0) is 12.8 Å². The monoisotopic (exact) mass is 435 g/mol. The van der Waals surface area contributed by atoms with Gasteiger partial charge in [-0.05, 0) is 53.8 Å². The van der Waals surface area contributed by atoms with Gasteiger partial charge in [0.2, 0.25) is 0 Å². The summed E-state index contributed by atoms with van der Waals surface area (Å²) in [5, 5.41) is 3.55. The number of Topliss-reactive ketones (excluding diaryl/α,β-unsaturated/α-hetero) is 1. The van der Waals surface area contributed by atoms with Crippen LogP contribution in [0.3, 0.4) is 0 Å². The first kappa shape index (κ1) is 20.3. The highest BCUT2D eigenvalue weighted by atomic mass is 79.9. The standard InChI is InChI=1S/C25H26BrNO/c1-3-18-5-9-21(10-6-18)25(28)17-24(20-11-13-22(26)14-12-20)27-23-15-7-19(4-2)8-16-23/h5-16,24,27H,3-4,17H2,1-2H3. The second kappa shape index (κ2) is 9.70. The Morgan fingerprint density at radius 2 is 1.36 bits per heavy atom. The molecule has 3 aromatic carbocycles. The normalized spacial score (nSPS) is 11.8. The number of hydrogen-bond donors (Lipinski definition) is 1. The molecule has 0 radical (unpaired) electrons. The quantitative estimate of drug-likeness (QED) is 0.385. The maximum atomic E-state index is 12.9. The third-order valence-electron chi connectivity index (χ3n) is 5.05. The topological polar surface area (TPSA) is 29.1 Å². The Hall–Kier alpha value is -2.39. The molecule has 0 aliphatic heterocycles. The van der Waals surface area contributed by atoms with Crippen molar-refractivity contribution in [3.8, 4) is 0 Å². The number of benzene rings is 3. The van der Waals surface area contributed by atoms with Crippen molar-refractivity contribution in [1.82, 2.24) is 0 Å². The van der Waals surface area contributed by atoms with Gasteiger partial charge >= 0.3 is 0 Å². The van der Waals surface area contributed by atoms with E-state index in [0.29, 0.717) is 6.42 Å². The van der Waals surface area contributed by atoms with Crippen LogP contribution in [0.2, 0.25) is 0 Å². The van der Waals surface area contributed by atoms with Crippen molar-refractivity contribution in [2.24, 2.45) is 0 Å². The predicted octanol–water partition coefficient (Wildman–Crippen LogP) is 7.00. The third-order valence-corrected chi connectivity index (χ3v) is 5.58. The molecular weight excluding hydrogens is 410 g/mol. The van der Waals surface area contributed by atoms with Crippen LogP contribution in [0.15, 0.2) is 77.3 Å². The molecule has 1 unspecified atom stereocenters. The summed E-state index contributed by atoms with van der Waals surface area (Å²) in [7, 11) is 0. The number of carbonyl (C=O) groups excluding carboxylic acids is 1. The van der Waals surface area contributed by atoms with Crippen LogP contribution in [-0.4, -0.2) is 5.78 Å². The van der Waals surface area contributed by atoms with E-state index < -0.39 is 0 Å². The van der Waals surface area contributed by atoms with Gasteiger partial charge in [0.15, 0.2) is 5.78 Å². The smallest absolute Gasteiger partial charge is 0.165 e. The predicted molar refractivity (Wildman–Crippen MR) is 121 cm³/mol. The summed E-state index contributed by atoms with van der Waals surface area (Å²) in [6, 6.07) is 24.5. The lowest BCUT2D eigenvalue weighted by atomic mass is 9.96. The lowest BCUT2D eigenvalue weighted by Gasteiger charge is -2.20. The lowest BCUT2D eigenvalue weighted by Crippen LogP contribution is -2.16. The molecule has 0 aliphatic rings. The van der Waals surface area contributed by atoms with Crippen molar-refractivity contribution >= 4 is 27.4 Å². The number of hydrogen-bond acceptors (Lipinski definition) is 2. The fourth-order valence-corrected chi connectivity index (χ4v) is 3.48. The van der Waals surface area contributed by atoms with Crippen molar-refractivity contribution in [3.05, 3.63) is 99.5 Å². The fourth-order valence-electron chi connectivity index (χ4n) is 3.21. The Kier molecular flexibility index (Phi) is 7.05. The second-order valence-corrected chi connectivity index (χ2v) is 7.89. The Morgan fingerprint density at radius 1 is 0.821 bits per heavy atom. The molecule has 3 rings (SSSR count). The van der Waals surface area contributed by atoms with Crippen LogP contribution in [0.5, 0.6) is 0 Å². The first-order valence-corrected chi connectivity index (χ1v) is 10.6. The summed E-state index contributed by atoms with van der Waals surface area (Å²) in [5.74, 6) is 0.147.